The zero-order chi connectivity index (χ0) is 16.4. The largest absolute Gasteiger partial charge is 0.497 e. The molecule has 0 saturated carbocycles. The molecule has 0 fully saturated rings. The fourth-order valence-corrected chi connectivity index (χ4v) is 3.41. The Morgan fingerprint density at radius 3 is 2.70 bits per heavy atom. The normalized spacial score (nSPS) is 11.4. The van der Waals surface area contributed by atoms with Crippen LogP contribution in [0.15, 0.2) is 53.8 Å². The molecule has 0 aliphatic carbocycles. The smallest absolute Gasteiger partial charge is 0.265 e. The summed E-state index contributed by atoms with van der Waals surface area (Å²) in [5, 5.41) is 0. The monoisotopic (exact) mass is 333 g/mol. The molecule has 0 aliphatic rings. The van der Waals surface area contributed by atoms with Crippen molar-refractivity contribution in [3.63, 3.8) is 0 Å². The number of nitrogens with one attached hydrogen (secondary N) is 1. The Morgan fingerprint density at radius 2 is 1.96 bits per heavy atom. The molecule has 0 atom stereocenters. The number of pyridine rings is 1. The lowest BCUT2D eigenvalue weighted by atomic mass is 10.3. The third kappa shape index (κ3) is 2.93. The van der Waals surface area contributed by atoms with Crippen molar-refractivity contribution in [2.45, 2.75) is 4.90 Å². The lowest BCUT2D eigenvalue weighted by Crippen LogP contribution is -2.14. The van der Waals surface area contributed by atoms with E-state index in [4.69, 9.17) is 9.47 Å². The molecule has 3 rings (SSSR count). The van der Waals surface area contributed by atoms with Gasteiger partial charge in [0.25, 0.3) is 10.0 Å². The van der Waals surface area contributed by atoms with Crippen molar-refractivity contribution >= 4 is 21.4 Å². The van der Waals surface area contributed by atoms with Gasteiger partial charge >= 0.3 is 0 Å². The van der Waals surface area contributed by atoms with Crippen LogP contribution >= 0.6 is 0 Å². The van der Waals surface area contributed by atoms with Gasteiger partial charge in [-0.05, 0) is 24.3 Å². The number of fused-ring (bicyclic) bond motifs is 1. The fourth-order valence-electron chi connectivity index (χ4n) is 2.18. The van der Waals surface area contributed by atoms with Crippen LogP contribution in [0.5, 0.6) is 11.5 Å². The van der Waals surface area contributed by atoms with Crippen molar-refractivity contribution in [1.82, 2.24) is 9.38 Å². The van der Waals surface area contributed by atoms with E-state index in [1.54, 1.807) is 47.3 Å². The van der Waals surface area contributed by atoms with E-state index in [-0.39, 0.29) is 10.6 Å². The molecule has 3 aromatic rings. The molecule has 0 aliphatic heterocycles. The predicted octanol–water partition coefficient (Wildman–Crippen LogP) is 2.15. The summed E-state index contributed by atoms with van der Waals surface area (Å²) in [6.45, 7) is 0. The van der Waals surface area contributed by atoms with E-state index in [0.717, 1.165) is 5.65 Å². The van der Waals surface area contributed by atoms with Gasteiger partial charge in [-0.2, -0.15) is 0 Å². The zero-order valence-electron chi connectivity index (χ0n) is 12.6. The topological polar surface area (TPSA) is 81.9 Å². The Morgan fingerprint density at radius 1 is 1.13 bits per heavy atom. The second kappa shape index (κ2) is 5.81. The average Bonchev–Trinajstić information content (AvgIpc) is 3.01. The molecule has 1 aromatic carbocycles. The van der Waals surface area contributed by atoms with E-state index in [0.29, 0.717) is 11.4 Å². The van der Waals surface area contributed by atoms with E-state index in [9.17, 15) is 8.42 Å². The molecule has 0 amide bonds. The molecule has 2 heterocycles. The first-order valence-electron chi connectivity index (χ1n) is 6.71. The van der Waals surface area contributed by atoms with E-state index in [2.05, 4.69) is 9.71 Å². The molecule has 0 spiro atoms. The first-order chi connectivity index (χ1) is 11.0. The van der Waals surface area contributed by atoms with Gasteiger partial charge in [0, 0.05) is 24.7 Å². The van der Waals surface area contributed by atoms with Crippen LogP contribution in [-0.4, -0.2) is 32.0 Å². The van der Waals surface area contributed by atoms with Gasteiger partial charge in [0.05, 0.1) is 19.9 Å². The van der Waals surface area contributed by atoms with Crippen molar-refractivity contribution in [2.75, 3.05) is 18.9 Å². The number of methoxy groups -OCH3 is 2. The number of rotatable bonds is 5. The summed E-state index contributed by atoms with van der Waals surface area (Å²) in [6.07, 6.45) is 5.02. The summed E-state index contributed by atoms with van der Waals surface area (Å²) in [6, 6.07) is 7.96. The van der Waals surface area contributed by atoms with E-state index < -0.39 is 10.0 Å². The number of ether oxygens (including phenoxy) is 2. The minimum atomic E-state index is -3.83. The summed E-state index contributed by atoms with van der Waals surface area (Å²) in [4.78, 5) is 4.12. The van der Waals surface area contributed by atoms with Crippen LogP contribution in [0.25, 0.3) is 5.65 Å². The molecule has 7 nitrogen and oxygen atoms in total. The van der Waals surface area contributed by atoms with Crippen LogP contribution in [0.3, 0.4) is 0 Å². The summed E-state index contributed by atoms with van der Waals surface area (Å²) >= 11 is 0. The van der Waals surface area contributed by atoms with Gasteiger partial charge in [-0.25, -0.2) is 13.4 Å². The highest BCUT2D eigenvalue weighted by Gasteiger charge is 2.21. The van der Waals surface area contributed by atoms with Gasteiger partial charge in [0.2, 0.25) is 0 Å². The molecule has 120 valence electrons. The summed E-state index contributed by atoms with van der Waals surface area (Å²) in [5.74, 6) is 0.665. The number of aromatic nitrogens is 2. The van der Waals surface area contributed by atoms with Gasteiger partial charge in [0.1, 0.15) is 22.0 Å². The predicted molar refractivity (Wildman–Crippen MR) is 85.5 cm³/mol. The van der Waals surface area contributed by atoms with Crippen LogP contribution in [0.4, 0.5) is 5.69 Å². The van der Waals surface area contributed by atoms with Crippen molar-refractivity contribution in [2.24, 2.45) is 0 Å². The molecule has 0 radical (unpaired) electrons. The van der Waals surface area contributed by atoms with E-state index in [1.807, 2.05) is 0 Å². The highest BCUT2D eigenvalue weighted by atomic mass is 32.2. The quantitative estimate of drug-likeness (QED) is 0.774. The lowest BCUT2D eigenvalue weighted by Gasteiger charge is -2.13. The number of nitrogens with zero attached hydrogens (tertiary/aromatic N) is 2. The number of anilines is 1. The Kier molecular flexibility index (Phi) is 3.83. The van der Waals surface area contributed by atoms with Crippen molar-refractivity contribution < 1.29 is 17.9 Å². The summed E-state index contributed by atoms with van der Waals surface area (Å²) in [5.41, 5.74) is 1.15. The summed E-state index contributed by atoms with van der Waals surface area (Å²) < 4.78 is 39.8. The van der Waals surface area contributed by atoms with Gasteiger partial charge in [0.15, 0.2) is 0 Å². The Hall–Kier alpha value is -2.74. The highest BCUT2D eigenvalue weighted by molar-refractivity contribution is 7.92. The van der Waals surface area contributed by atoms with Crippen LogP contribution in [0, 0.1) is 0 Å². The third-order valence-electron chi connectivity index (χ3n) is 3.30. The van der Waals surface area contributed by atoms with Crippen LogP contribution in [-0.2, 0) is 10.0 Å². The summed E-state index contributed by atoms with van der Waals surface area (Å²) in [7, 11) is -0.943. The number of sulfonamides is 1. The second-order valence-corrected chi connectivity index (χ2v) is 6.38. The standard InChI is InChI=1S/C15H15N3O4S/c1-21-12-4-5-13(22-2)14(9-12)23(19,20)17-11-3-6-15-16-7-8-18(15)10-11/h3-10,17H,1-2H3. The molecule has 2 aromatic heterocycles. The minimum Gasteiger partial charge on any atom is -0.497 e. The molecule has 0 saturated heterocycles. The average molecular weight is 333 g/mol. The SMILES string of the molecule is COc1ccc(OC)c(S(=O)(=O)Nc2ccc3nccn3c2)c1. The van der Waals surface area contributed by atoms with Crippen LogP contribution in [0.1, 0.15) is 0 Å². The number of benzene rings is 1. The second-order valence-electron chi connectivity index (χ2n) is 4.73. The maximum Gasteiger partial charge on any atom is 0.265 e. The number of hydrogen-bond donors (Lipinski definition) is 1. The Labute approximate surface area is 133 Å². The van der Waals surface area contributed by atoms with Crippen molar-refractivity contribution in [3.8, 4) is 11.5 Å². The molecule has 23 heavy (non-hydrogen) atoms. The molecule has 0 unspecified atom stereocenters. The van der Waals surface area contributed by atoms with Crippen molar-refractivity contribution in [1.29, 1.82) is 0 Å². The first-order valence-corrected chi connectivity index (χ1v) is 8.19. The van der Waals surface area contributed by atoms with Crippen LogP contribution in [0.2, 0.25) is 0 Å². The molecule has 0 bridgehead atoms. The third-order valence-corrected chi connectivity index (χ3v) is 4.70. The Balaban J connectivity index is 2.00. The zero-order valence-corrected chi connectivity index (χ0v) is 13.4. The molecular weight excluding hydrogens is 318 g/mol. The van der Waals surface area contributed by atoms with Gasteiger partial charge in [-0.3, -0.25) is 4.72 Å². The van der Waals surface area contributed by atoms with Gasteiger partial charge in [-0.15, -0.1) is 0 Å². The number of imidazole rings is 1. The van der Waals surface area contributed by atoms with Gasteiger partial charge < -0.3 is 13.9 Å². The maximum absolute atomic E-state index is 12.7. The van der Waals surface area contributed by atoms with E-state index in [1.165, 1.54) is 20.3 Å². The maximum atomic E-state index is 12.7. The Bertz CT molecular complexity index is 950. The van der Waals surface area contributed by atoms with E-state index >= 15 is 0 Å². The molecule has 8 heteroatoms. The minimum absolute atomic E-state index is 0.00470. The van der Waals surface area contributed by atoms with Crippen LogP contribution < -0.4 is 14.2 Å². The number of hydrogen-bond acceptors (Lipinski definition) is 5. The fraction of sp³-hybridized carbons (Fsp3) is 0.133. The first kappa shape index (κ1) is 15.2. The lowest BCUT2D eigenvalue weighted by molar-refractivity contribution is 0.392. The highest BCUT2D eigenvalue weighted by Crippen LogP contribution is 2.29. The molecular formula is C15H15N3O4S. The van der Waals surface area contributed by atoms with Crippen molar-refractivity contribution in [3.05, 3.63) is 48.9 Å². The molecule has 1 N–H and O–H groups in total. The van der Waals surface area contributed by atoms with Gasteiger partial charge in [-0.1, -0.05) is 0 Å².